The normalized spacial score (nSPS) is 10.7. The molecule has 5 nitrogen and oxygen atoms in total. The third-order valence-corrected chi connectivity index (χ3v) is 3.90. The van der Waals surface area contributed by atoms with Gasteiger partial charge in [0.25, 0.3) is 5.91 Å². The Morgan fingerprint density at radius 1 is 1.25 bits per heavy atom. The minimum Gasteiger partial charge on any atom is -0.317 e. The first-order valence-electron chi connectivity index (χ1n) is 5.49. The van der Waals surface area contributed by atoms with Crippen molar-refractivity contribution >= 4 is 61.9 Å². The van der Waals surface area contributed by atoms with Gasteiger partial charge in [-0.05, 0) is 40.2 Å². The van der Waals surface area contributed by atoms with Crippen LogP contribution in [0.5, 0.6) is 0 Å². The topological polar surface area (TPSA) is 67.8 Å². The Balaban J connectivity index is 1.96. The van der Waals surface area contributed by atoms with E-state index in [2.05, 4.69) is 35.0 Å². The SMILES string of the molecule is O=C(Nc1c(Cl)ccc2nsnc12)c1ccc(Br)cn1. The molecular weight excluding hydrogens is 364 g/mol. The number of nitrogens with one attached hydrogen (secondary N) is 1. The number of hydrogen-bond donors (Lipinski definition) is 1. The summed E-state index contributed by atoms with van der Waals surface area (Å²) in [5.74, 6) is -0.347. The molecule has 0 aliphatic rings. The van der Waals surface area contributed by atoms with Crippen molar-refractivity contribution in [2.75, 3.05) is 5.32 Å². The van der Waals surface area contributed by atoms with Crippen LogP contribution in [-0.4, -0.2) is 19.6 Å². The number of nitrogens with zero attached hydrogens (tertiary/aromatic N) is 3. The predicted molar refractivity (Wildman–Crippen MR) is 82.3 cm³/mol. The van der Waals surface area contributed by atoms with E-state index in [0.717, 1.165) is 16.2 Å². The maximum atomic E-state index is 12.2. The molecule has 3 aromatic rings. The van der Waals surface area contributed by atoms with E-state index in [1.54, 1.807) is 30.5 Å². The Morgan fingerprint density at radius 2 is 2.10 bits per heavy atom. The largest absolute Gasteiger partial charge is 0.317 e. The molecule has 0 saturated carbocycles. The molecule has 0 bridgehead atoms. The molecule has 20 heavy (non-hydrogen) atoms. The van der Waals surface area contributed by atoms with Gasteiger partial charge in [0.15, 0.2) is 0 Å². The number of benzene rings is 1. The lowest BCUT2D eigenvalue weighted by Crippen LogP contribution is -2.14. The van der Waals surface area contributed by atoms with Crippen molar-refractivity contribution in [3.8, 4) is 0 Å². The maximum Gasteiger partial charge on any atom is 0.274 e. The molecule has 0 unspecified atom stereocenters. The third-order valence-electron chi connectivity index (χ3n) is 2.58. The molecule has 0 aliphatic carbocycles. The fourth-order valence-corrected chi connectivity index (χ4v) is 2.61. The van der Waals surface area contributed by atoms with Crippen LogP contribution in [0.25, 0.3) is 11.0 Å². The minimum absolute atomic E-state index is 0.296. The van der Waals surface area contributed by atoms with E-state index >= 15 is 0 Å². The number of halogens is 2. The highest BCUT2D eigenvalue weighted by molar-refractivity contribution is 9.10. The average molecular weight is 370 g/mol. The summed E-state index contributed by atoms with van der Waals surface area (Å²) < 4.78 is 9.06. The van der Waals surface area contributed by atoms with Crippen LogP contribution in [0.15, 0.2) is 34.9 Å². The molecular formula is C12H6BrClN4OS. The monoisotopic (exact) mass is 368 g/mol. The lowest BCUT2D eigenvalue weighted by molar-refractivity contribution is 0.102. The van der Waals surface area contributed by atoms with Crippen LogP contribution in [0.1, 0.15) is 10.5 Å². The molecule has 1 N–H and O–H groups in total. The first-order valence-corrected chi connectivity index (χ1v) is 7.39. The lowest BCUT2D eigenvalue weighted by atomic mass is 10.2. The number of carbonyl (C=O) groups is 1. The summed E-state index contributed by atoms with van der Waals surface area (Å²) in [6, 6.07) is 6.80. The van der Waals surface area contributed by atoms with E-state index in [1.807, 2.05) is 0 Å². The fourth-order valence-electron chi connectivity index (χ4n) is 1.63. The number of anilines is 1. The molecule has 0 saturated heterocycles. The highest BCUT2D eigenvalue weighted by Crippen LogP contribution is 2.30. The van der Waals surface area contributed by atoms with Crippen LogP contribution < -0.4 is 5.32 Å². The minimum atomic E-state index is -0.347. The Morgan fingerprint density at radius 3 is 2.85 bits per heavy atom. The van der Waals surface area contributed by atoms with Crippen molar-refractivity contribution < 1.29 is 4.79 Å². The zero-order chi connectivity index (χ0) is 14.1. The maximum absolute atomic E-state index is 12.2. The zero-order valence-electron chi connectivity index (χ0n) is 9.80. The molecule has 3 rings (SSSR count). The lowest BCUT2D eigenvalue weighted by Gasteiger charge is -2.07. The van der Waals surface area contributed by atoms with Crippen LogP contribution in [0.3, 0.4) is 0 Å². The molecule has 1 aromatic carbocycles. The molecule has 0 spiro atoms. The summed E-state index contributed by atoms with van der Waals surface area (Å²) >= 11 is 10.4. The smallest absolute Gasteiger partial charge is 0.274 e. The molecule has 0 radical (unpaired) electrons. The second-order valence-corrected chi connectivity index (χ2v) is 5.72. The average Bonchev–Trinajstić information content (AvgIpc) is 2.91. The van der Waals surface area contributed by atoms with Gasteiger partial charge >= 0.3 is 0 Å². The van der Waals surface area contributed by atoms with Gasteiger partial charge in [-0.3, -0.25) is 4.79 Å². The number of amides is 1. The summed E-state index contributed by atoms with van der Waals surface area (Å²) in [5.41, 5.74) is 2.02. The molecule has 2 aromatic heterocycles. The van der Waals surface area contributed by atoms with E-state index in [9.17, 15) is 4.79 Å². The van der Waals surface area contributed by atoms with Crippen LogP contribution in [0.2, 0.25) is 5.02 Å². The summed E-state index contributed by atoms with van der Waals surface area (Å²) in [6.45, 7) is 0. The second kappa shape index (κ2) is 5.43. The molecule has 100 valence electrons. The van der Waals surface area contributed by atoms with Gasteiger partial charge in [0, 0.05) is 10.7 Å². The number of pyridine rings is 1. The van der Waals surface area contributed by atoms with Gasteiger partial charge in [-0.1, -0.05) is 11.6 Å². The zero-order valence-corrected chi connectivity index (χ0v) is 13.0. The van der Waals surface area contributed by atoms with Gasteiger partial charge in [-0.2, -0.15) is 8.75 Å². The summed E-state index contributed by atoms with van der Waals surface area (Å²) in [6.07, 6.45) is 1.56. The second-order valence-electron chi connectivity index (χ2n) is 3.87. The van der Waals surface area contributed by atoms with Crippen LogP contribution in [-0.2, 0) is 0 Å². The summed E-state index contributed by atoms with van der Waals surface area (Å²) in [4.78, 5) is 16.2. The molecule has 0 fully saturated rings. The van der Waals surface area contributed by atoms with Crippen LogP contribution in [0.4, 0.5) is 5.69 Å². The third kappa shape index (κ3) is 2.52. The van der Waals surface area contributed by atoms with E-state index in [1.165, 1.54) is 0 Å². The number of carbonyl (C=O) groups excluding carboxylic acids is 1. The van der Waals surface area contributed by atoms with Crippen molar-refractivity contribution in [2.24, 2.45) is 0 Å². The Bertz CT molecular complexity index is 790. The summed E-state index contributed by atoms with van der Waals surface area (Å²) in [7, 11) is 0. The molecule has 2 heterocycles. The standard InChI is InChI=1S/C12H6BrClN4OS/c13-6-1-3-9(15-5-6)12(19)16-10-7(14)2-4-8-11(10)18-20-17-8/h1-5H,(H,16,19). The van der Waals surface area contributed by atoms with Gasteiger partial charge in [-0.25, -0.2) is 4.98 Å². The van der Waals surface area contributed by atoms with Crippen LogP contribution in [0, 0.1) is 0 Å². The number of aromatic nitrogens is 3. The van der Waals surface area contributed by atoms with Crippen molar-refractivity contribution in [3.63, 3.8) is 0 Å². The first kappa shape index (κ1) is 13.4. The van der Waals surface area contributed by atoms with Crippen molar-refractivity contribution in [1.29, 1.82) is 0 Å². The molecule has 0 aliphatic heterocycles. The van der Waals surface area contributed by atoms with E-state index in [4.69, 9.17) is 11.6 Å². The van der Waals surface area contributed by atoms with E-state index < -0.39 is 0 Å². The summed E-state index contributed by atoms with van der Waals surface area (Å²) in [5, 5.41) is 3.14. The van der Waals surface area contributed by atoms with Gasteiger partial charge in [0.2, 0.25) is 0 Å². The van der Waals surface area contributed by atoms with Gasteiger partial charge in [-0.15, -0.1) is 0 Å². The van der Waals surface area contributed by atoms with Gasteiger partial charge in [0.05, 0.1) is 22.4 Å². The number of hydrogen-bond acceptors (Lipinski definition) is 5. The Labute approximate surface area is 131 Å². The van der Waals surface area contributed by atoms with E-state index in [0.29, 0.717) is 27.4 Å². The van der Waals surface area contributed by atoms with Crippen molar-refractivity contribution in [1.82, 2.24) is 13.7 Å². The first-order chi connectivity index (χ1) is 9.65. The highest BCUT2D eigenvalue weighted by atomic mass is 79.9. The fraction of sp³-hybridized carbons (Fsp3) is 0. The van der Waals surface area contributed by atoms with E-state index in [-0.39, 0.29) is 5.91 Å². The molecule has 1 amide bonds. The van der Waals surface area contributed by atoms with Crippen molar-refractivity contribution in [2.45, 2.75) is 0 Å². The highest BCUT2D eigenvalue weighted by Gasteiger charge is 2.14. The molecule has 8 heteroatoms. The van der Waals surface area contributed by atoms with Crippen LogP contribution >= 0.6 is 39.3 Å². The Hall–Kier alpha value is -1.57. The number of fused-ring (bicyclic) bond motifs is 1. The van der Waals surface area contributed by atoms with Gasteiger partial charge < -0.3 is 5.32 Å². The van der Waals surface area contributed by atoms with Crippen molar-refractivity contribution in [3.05, 3.63) is 45.7 Å². The Kier molecular flexibility index (Phi) is 3.64. The quantitative estimate of drug-likeness (QED) is 0.747. The predicted octanol–water partition coefficient (Wildman–Crippen LogP) is 3.75. The van der Waals surface area contributed by atoms with Gasteiger partial charge in [0.1, 0.15) is 16.7 Å². The number of rotatable bonds is 2. The molecule has 0 atom stereocenters.